The number of hydrogen-bond acceptors (Lipinski definition) is 6. The number of aliphatic hydroxyl groups excluding tert-OH is 1. The lowest BCUT2D eigenvalue weighted by atomic mass is 10.2. The lowest BCUT2D eigenvalue weighted by Gasteiger charge is -2.35. The number of para-hydroxylation sites is 1. The normalized spacial score (nSPS) is 16.7. The average molecular weight is 359 g/mol. The molecule has 8 heteroatoms. The molecule has 2 aromatic rings. The molecule has 0 spiro atoms. The number of piperazine rings is 1. The van der Waals surface area contributed by atoms with E-state index >= 15 is 0 Å². The minimum Gasteiger partial charge on any atom is -0.389 e. The van der Waals surface area contributed by atoms with Crippen LogP contribution >= 0.6 is 0 Å². The van der Waals surface area contributed by atoms with E-state index in [1.807, 2.05) is 37.3 Å². The van der Waals surface area contributed by atoms with E-state index in [9.17, 15) is 9.90 Å². The fourth-order valence-electron chi connectivity index (χ4n) is 3.17. The minimum atomic E-state index is -0.504. The number of methoxy groups -OCH3 is 1. The molecule has 1 aromatic carbocycles. The van der Waals surface area contributed by atoms with Crippen molar-refractivity contribution in [3.63, 3.8) is 0 Å². The Morgan fingerprint density at radius 2 is 1.92 bits per heavy atom. The van der Waals surface area contributed by atoms with Crippen LogP contribution in [0, 0.1) is 6.92 Å². The van der Waals surface area contributed by atoms with Crippen LogP contribution in [-0.2, 0) is 4.74 Å². The van der Waals surface area contributed by atoms with Gasteiger partial charge in [0.05, 0.1) is 24.1 Å². The highest BCUT2D eigenvalue weighted by Crippen LogP contribution is 2.14. The molecule has 1 fully saturated rings. The monoisotopic (exact) mass is 359 g/mol. The quantitative estimate of drug-likeness (QED) is 0.801. The molecule has 3 rings (SSSR count). The summed E-state index contributed by atoms with van der Waals surface area (Å²) in [5.41, 5.74) is 2.01. The number of ether oxygens (including phenoxy) is 1. The van der Waals surface area contributed by atoms with E-state index in [1.54, 1.807) is 16.7 Å². The molecular formula is C18H25N5O3. The fourth-order valence-corrected chi connectivity index (χ4v) is 3.17. The van der Waals surface area contributed by atoms with Crippen molar-refractivity contribution in [2.24, 2.45) is 0 Å². The molecule has 1 aromatic heterocycles. The van der Waals surface area contributed by atoms with Crippen LogP contribution in [-0.4, -0.2) is 88.4 Å². The Morgan fingerprint density at radius 3 is 2.58 bits per heavy atom. The van der Waals surface area contributed by atoms with Crippen molar-refractivity contribution in [2.75, 3.05) is 46.4 Å². The number of β-amino-alcohol motifs (C(OH)–C–C–N with tert-alkyl or cyclic N) is 1. The van der Waals surface area contributed by atoms with Crippen molar-refractivity contribution in [3.05, 3.63) is 41.7 Å². The van der Waals surface area contributed by atoms with Gasteiger partial charge in [0.15, 0.2) is 5.69 Å². The number of aliphatic hydroxyl groups is 1. The number of carbonyl (C=O) groups excluding carboxylic acids is 1. The Balaban J connectivity index is 1.62. The molecule has 140 valence electrons. The van der Waals surface area contributed by atoms with Gasteiger partial charge < -0.3 is 14.7 Å². The molecular weight excluding hydrogens is 334 g/mol. The van der Waals surface area contributed by atoms with Gasteiger partial charge in [0.25, 0.3) is 5.91 Å². The van der Waals surface area contributed by atoms with Crippen molar-refractivity contribution < 1.29 is 14.6 Å². The van der Waals surface area contributed by atoms with Gasteiger partial charge in [-0.1, -0.05) is 23.4 Å². The first-order valence-corrected chi connectivity index (χ1v) is 8.76. The first-order valence-electron chi connectivity index (χ1n) is 8.76. The average Bonchev–Trinajstić information content (AvgIpc) is 3.04. The van der Waals surface area contributed by atoms with E-state index in [1.165, 1.54) is 0 Å². The topological polar surface area (TPSA) is 83.7 Å². The third-order valence-corrected chi connectivity index (χ3v) is 4.59. The molecule has 1 amide bonds. The van der Waals surface area contributed by atoms with E-state index in [4.69, 9.17) is 4.74 Å². The molecule has 2 heterocycles. The first-order chi connectivity index (χ1) is 12.6. The van der Waals surface area contributed by atoms with Crippen LogP contribution in [0.3, 0.4) is 0 Å². The molecule has 1 atom stereocenters. The van der Waals surface area contributed by atoms with E-state index in [0.717, 1.165) is 24.5 Å². The van der Waals surface area contributed by atoms with Crippen LogP contribution in [0.5, 0.6) is 0 Å². The molecule has 1 aliphatic rings. The van der Waals surface area contributed by atoms with E-state index in [0.29, 0.717) is 31.9 Å². The van der Waals surface area contributed by atoms with Crippen LogP contribution in [0.4, 0.5) is 0 Å². The summed E-state index contributed by atoms with van der Waals surface area (Å²) in [6, 6.07) is 9.65. The maximum Gasteiger partial charge on any atom is 0.276 e. The van der Waals surface area contributed by atoms with Crippen molar-refractivity contribution in [1.82, 2.24) is 24.8 Å². The molecule has 0 saturated carbocycles. The van der Waals surface area contributed by atoms with Crippen LogP contribution < -0.4 is 0 Å². The number of carbonyl (C=O) groups is 1. The summed E-state index contributed by atoms with van der Waals surface area (Å²) in [6.45, 7) is 5.39. The second-order valence-corrected chi connectivity index (χ2v) is 6.47. The molecule has 1 aliphatic heterocycles. The van der Waals surface area contributed by atoms with Gasteiger partial charge in [0.2, 0.25) is 0 Å². The maximum atomic E-state index is 12.8. The number of amides is 1. The number of aromatic nitrogens is 3. The molecule has 0 radical (unpaired) electrons. The second-order valence-electron chi connectivity index (χ2n) is 6.47. The van der Waals surface area contributed by atoms with Gasteiger partial charge in [-0.3, -0.25) is 9.69 Å². The zero-order valence-electron chi connectivity index (χ0n) is 15.2. The van der Waals surface area contributed by atoms with Gasteiger partial charge in [-0.2, -0.15) is 0 Å². The molecule has 26 heavy (non-hydrogen) atoms. The minimum absolute atomic E-state index is 0.0956. The summed E-state index contributed by atoms with van der Waals surface area (Å²) in [4.78, 5) is 16.8. The number of benzene rings is 1. The van der Waals surface area contributed by atoms with Crippen LogP contribution in [0.15, 0.2) is 30.3 Å². The Bertz CT molecular complexity index is 726. The maximum absolute atomic E-state index is 12.8. The number of nitrogens with zero attached hydrogens (tertiary/aromatic N) is 5. The standard InChI is InChI=1S/C18H25N5O3/c1-14-17(19-20-23(14)15-6-4-3-5-7-15)18(25)22-10-8-21(9-11-22)12-16(24)13-26-2/h3-7,16,24H,8-13H2,1-2H3. The smallest absolute Gasteiger partial charge is 0.276 e. The van der Waals surface area contributed by atoms with Crippen molar-refractivity contribution in [3.8, 4) is 5.69 Å². The summed E-state index contributed by atoms with van der Waals surface area (Å²) >= 11 is 0. The third kappa shape index (κ3) is 4.09. The summed E-state index contributed by atoms with van der Waals surface area (Å²) in [5, 5.41) is 18.1. The van der Waals surface area contributed by atoms with Gasteiger partial charge in [-0.15, -0.1) is 5.10 Å². The van der Waals surface area contributed by atoms with Gasteiger partial charge in [-0.05, 0) is 19.1 Å². The fraction of sp³-hybridized carbons (Fsp3) is 0.500. The summed E-state index contributed by atoms with van der Waals surface area (Å²) in [5.74, 6) is -0.0956. The second kappa shape index (κ2) is 8.39. The predicted octanol–water partition coefficient (Wildman–Crippen LogP) is 0.341. The van der Waals surface area contributed by atoms with Crippen LogP contribution in [0.2, 0.25) is 0 Å². The highest BCUT2D eigenvalue weighted by molar-refractivity contribution is 5.93. The van der Waals surface area contributed by atoms with Crippen molar-refractivity contribution >= 4 is 5.91 Å². The van der Waals surface area contributed by atoms with Crippen molar-refractivity contribution in [2.45, 2.75) is 13.0 Å². The van der Waals surface area contributed by atoms with E-state index in [2.05, 4.69) is 15.2 Å². The zero-order chi connectivity index (χ0) is 18.5. The molecule has 8 nitrogen and oxygen atoms in total. The molecule has 0 bridgehead atoms. The zero-order valence-corrected chi connectivity index (χ0v) is 15.2. The number of rotatable bonds is 6. The van der Waals surface area contributed by atoms with E-state index < -0.39 is 6.10 Å². The lowest BCUT2D eigenvalue weighted by molar-refractivity contribution is 0.0231. The summed E-state index contributed by atoms with van der Waals surface area (Å²) in [7, 11) is 1.57. The van der Waals surface area contributed by atoms with Crippen LogP contribution in [0.25, 0.3) is 5.69 Å². The lowest BCUT2D eigenvalue weighted by Crippen LogP contribution is -2.51. The Labute approximate surface area is 153 Å². The van der Waals surface area contributed by atoms with Gasteiger partial charge in [0, 0.05) is 39.8 Å². The van der Waals surface area contributed by atoms with E-state index in [-0.39, 0.29) is 5.91 Å². The summed E-state index contributed by atoms with van der Waals surface area (Å²) < 4.78 is 6.64. The Morgan fingerprint density at radius 1 is 1.23 bits per heavy atom. The molecule has 1 saturated heterocycles. The largest absolute Gasteiger partial charge is 0.389 e. The number of hydrogen-bond donors (Lipinski definition) is 1. The van der Waals surface area contributed by atoms with Gasteiger partial charge in [-0.25, -0.2) is 4.68 Å². The third-order valence-electron chi connectivity index (χ3n) is 4.59. The van der Waals surface area contributed by atoms with Gasteiger partial charge in [0.1, 0.15) is 0 Å². The Kier molecular flexibility index (Phi) is 5.97. The molecule has 1 N–H and O–H groups in total. The highest BCUT2D eigenvalue weighted by Gasteiger charge is 2.27. The SMILES string of the molecule is COCC(O)CN1CCN(C(=O)c2nnn(-c3ccccc3)c2C)CC1. The highest BCUT2D eigenvalue weighted by atomic mass is 16.5. The van der Waals surface area contributed by atoms with Gasteiger partial charge >= 0.3 is 0 Å². The first kappa shape index (κ1) is 18.5. The molecule has 1 unspecified atom stereocenters. The Hall–Kier alpha value is -2.29. The molecule has 0 aliphatic carbocycles. The summed E-state index contributed by atoms with van der Waals surface area (Å²) in [6.07, 6.45) is -0.504. The van der Waals surface area contributed by atoms with Crippen LogP contribution in [0.1, 0.15) is 16.2 Å². The van der Waals surface area contributed by atoms with Crippen molar-refractivity contribution in [1.29, 1.82) is 0 Å². The predicted molar refractivity (Wildman–Crippen MR) is 96.3 cm³/mol.